The zero-order chi connectivity index (χ0) is 12.1. The zero-order valence-electron chi connectivity index (χ0n) is 9.82. The van der Waals surface area contributed by atoms with Crippen LogP contribution in [0, 0.1) is 0 Å². The first-order chi connectivity index (χ1) is 8.31. The Kier molecular flexibility index (Phi) is 4.60. The lowest BCUT2D eigenvalue weighted by atomic mass is 10.0. The van der Waals surface area contributed by atoms with Gasteiger partial charge in [-0.3, -0.25) is 0 Å². The normalized spacial score (nSPS) is 12.6. The Balaban J connectivity index is 2.16. The average Bonchev–Trinajstić information content (AvgIpc) is 2.76. The third-order valence-corrected chi connectivity index (χ3v) is 4.17. The van der Waals surface area contributed by atoms with Gasteiger partial charge >= 0.3 is 0 Å². The van der Waals surface area contributed by atoms with E-state index in [1.54, 1.807) is 11.3 Å². The highest BCUT2D eigenvalue weighted by Crippen LogP contribution is 2.30. The Morgan fingerprint density at radius 3 is 2.59 bits per heavy atom. The molecule has 0 aliphatic heterocycles. The predicted molar refractivity (Wildman–Crippen MR) is 75.9 cm³/mol. The number of likely N-dealkylation sites (N-methyl/N-ethyl adjacent to an activating group) is 1. The van der Waals surface area contributed by atoms with Crippen molar-refractivity contribution >= 4 is 22.9 Å². The molecule has 1 unspecified atom stereocenters. The van der Waals surface area contributed by atoms with Gasteiger partial charge in [-0.15, -0.1) is 11.3 Å². The summed E-state index contributed by atoms with van der Waals surface area (Å²) in [4.78, 5) is 1.23. The summed E-state index contributed by atoms with van der Waals surface area (Å²) >= 11 is 7.93. The maximum absolute atomic E-state index is 6.21. The van der Waals surface area contributed by atoms with Gasteiger partial charge in [-0.05, 0) is 30.0 Å². The molecule has 0 aliphatic rings. The molecule has 2 rings (SSSR count). The summed E-state index contributed by atoms with van der Waals surface area (Å²) in [6.45, 7) is 3.07. The van der Waals surface area contributed by atoms with Crippen LogP contribution >= 0.6 is 22.9 Å². The Labute approximate surface area is 111 Å². The van der Waals surface area contributed by atoms with Gasteiger partial charge in [0.25, 0.3) is 0 Å². The minimum Gasteiger partial charge on any atom is -0.309 e. The standard InChI is InChI=1S/C14H16ClNS/c1-2-16-13(14-12(15)8-9-17-14)10-11-6-4-3-5-7-11/h3-9,13,16H,2,10H2,1H3. The lowest BCUT2D eigenvalue weighted by Crippen LogP contribution is -2.22. The summed E-state index contributed by atoms with van der Waals surface area (Å²) in [5.41, 5.74) is 1.34. The molecule has 1 atom stereocenters. The van der Waals surface area contributed by atoms with Crippen LogP contribution < -0.4 is 5.32 Å². The fourth-order valence-electron chi connectivity index (χ4n) is 1.91. The number of halogens is 1. The van der Waals surface area contributed by atoms with Gasteiger partial charge in [-0.2, -0.15) is 0 Å². The molecule has 0 bridgehead atoms. The Morgan fingerprint density at radius 1 is 1.24 bits per heavy atom. The van der Waals surface area contributed by atoms with Gasteiger partial charge in [0.1, 0.15) is 0 Å². The Morgan fingerprint density at radius 2 is 2.00 bits per heavy atom. The first-order valence-corrected chi connectivity index (χ1v) is 7.07. The minimum atomic E-state index is 0.315. The number of hydrogen-bond donors (Lipinski definition) is 1. The van der Waals surface area contributed by atoms with Crippen molar-refractivity contribution in [2.75, 3.05) is 6.54 Å². The monoisotopic (exact) mass is 265 g/mol. The van der Waals surface area contributed by atoms with E-state index < -0.39 is 0 Å². The predicted octanol–water partition coefficient (Wildman–Crippen LogP) is 4.29. The van der Waals surface area contributed by atoms with Crippen LogP contribution in [0.1, 0.15) is 23.4 Å². The molecule has 0 fully saturated rings. The summed E-state index contributed by atoms with van der Waals surface area (Å²) in [5.74, 6) is 0. The number of thiophene rings is 1. The van der Waals surface area contributed by atoms with E-state index in [9.17, 15) is 0 Å². The van der Waals surface area contributed by atoms with Crippen molar-refractivity contribution in [1.82, 2.24) is 5.32 Å². The molecule has 0 saturated heterocycles. The molecule has 1 aromatic carbocycles. The Bertz CT molecular complexity index is 452. The first kappa shape index (κ1) is 12.6. The largest absolute Gasteiger partial charge is 0.309 e. The zero-order valence-corrected chi connectivity index (χ0v) is 11.4. The van der Waals surface area contributed by atoms with Crippen molar-refractivity contribution in [3.05, 3.63) is 57.2 Å². The second-order valence-corrected chi connectivity index (χ2v) is 5.29. The summed E-state index contributed by atoms with van der Waals surface area (Å²) in [5, 5.41) is 6.42. The molecule has 3 heteroatoms. The minimum absolute atomic E-state index is 0.315. The van der Waals surface area contributed by atoms with Crippen molar-refractivity contribution in [3.8, 4) is 0 Å². The molecular formula is C14H16ClNS. The van der Waals surface area contributed by atoms with E-state index in [0.29, 0.717) is 6.04 Å². The smallest absolute Gasteiger partial charge is 0.0561 e. The van der Waals surface area contributed by atoms with Crippen LogP contribution in [0.25, 0.3) is 0 Å². The molecule has 0 amide bonds. The number of hydrogen-bond acceptors (Lipinski definition) is 2. The third-order valence-electron chi connectivity index (χ3n) is 2.69. The van der Waals surface area contributed by atoms with Gasteiger partial charge in [0.05, 0.1) is 5.02 Å². The van der Waals surface area contributed by atoms with Crippen molar-refractivity contribution in [3.63, 3.8) is 0 Å². The van der Waals surface area contributed by atoms with Crippen molar-refractivity contribution in [2.24, 2.45) is 0 Å². The first-order valence-electron chi connectivity index (χ1n) is 5.81. The van der Waals surface area contributed by atoms with E-state index >= 15 is 0 Å². The summed E-state index contributed by atoms with van der Waals surface area (Å²) in [6, 6.07) is 12.8. The lowest BCUT2D eigenvalue weighted by molar-refractivity contribution is 0.558. The maximum Gasteiger partial charge on any atom is 0.0561 e. The summed E-state index contributed by atoms with van der Waals surface area (Å²) in [7, 11) is 0. The second kappa shape index (κ2) is 6.20. The Hall–Kier alpha value is -0.830. The molecule has 17 heavy (non-hydrogen) atoms. The molecule has 1 nitrogen and oxygen atoms in total. The van der Waals surface area contributed by atoms with Gasteiger partial charge in [0, 0.05) is 10.9 Å². The highest BCUT2D eigenvalue weighted by Gasteiger charge is 2.15. The number of benzene rings is 1. The van der Waals surface area contributed by atoms with Crippen LogP contribution in [0.3, 0.4) is 0 Å². The van der Waals surface area contributed by atoms with E-state index in [-0.39, 0.29) is 0 Å². The van der Waals surface area contributed by atoms with Crippen LogP contribution in [0.2, 0.25) is 5.02 Å². The van der Waals surface area contributed by atoms with Gasteiger partial charge < -0.3 is 5.32 Å². The van der Waals surface area contributed by atoms with E-state index in [4.69, 9.17) is 11.6 Å². The summed E-state index contributed by atoms with van der Waals surface area (Å²) < 4.78 is 0. The second-order valence-electron chi connectivity index (χ2n) is 3.93. The number of nitrogens with one attached hydrogen (secondary N) is 1. The van der Waals surface area contributed by atoms with Crippen LogP contribution in [-0.2, 0) is 6.42 Å². The van der Waals surface area contributed by atoms with Crippen LogP contribution in [0.5, 0.6) is 0 Å². The average molecular weight is 266 g/mol. The number of rotatable bonds is 5. The molecule has 0 radical (unpaired) electrons. The van der Waals surface area contributed by atoms with Crippen LogP contribution in [0.15, 0.2) is 41.8 Å². The van der Waals surface area contributed by atoms with E-state index in [2.05, 4.69) is 36.5 Å². The maximum atomic E-state index is 6.21. The van der Waals surface area contributed by atoms with E-state index in [1.165, 1.54) is 10.4 Å². The molecule has 0 aliphatic carbocycles. The molecular weight excluding hydrogens is 250 g/mol. The quantitative estimate of drug-likeness (QED) is 0.850. The van der Waals surface area contributed by atoms with Crippen molar-refractivity contribution in [1.29, 1.82) is 0 Å². The fourth-order valence-corrected chi connectivity index (χ4v) is 3.17. The lowest BCUT2D eigenvalue weighted by Gasteiger charge is -2.17. The highest BCUT2D eigenvalue weighted by molar-refractivity contribution is 7.10. The molecule has 1 heterocycles. The van der Waals surface area contributed by atoms with Crippen LogP contribution in [0.4, 0.5) is 0 Å². The highest BCUT2D eigenvalue weighted by atomic mass is 35.5. The van der Waals surface area contributed by atoms with Crippen LogP contribution in [-0.4, -0.2) is 6.54 Å². The molecule has 2 aromatic rings. The van der Waals surface area contributed by atoms with Gasteiger partial charge in [-0.1, -0.05) is 48.9 Å². The SMILES string of the molecule is CCNC(Cc1ccccc1)c1sccc1Cl. The topological polar surface area (TPSA) is 12.0 Å². The molecule has 90 valence electrons. The molecule has 0 saturated carbocycles. The van der Waals surface area contributed by atoms with Crippen molar-refractivity contribution in [2.45, 2.75) is 19.4 Å². The van der Waals surface area contributed by atoms with E-state index in [0.717, 1.165) is 18.0 Å². The van der Waals surface area contributed by atoms with E-state index in [1.807, 2.05) is 17.5 Å². The van der Waals surface area contributed by atoms with Crippen molar-refractivity contribution < 1.29 is 0 Å². The van der Waals surface area contributed by atoms with Gasteiger partial charge in [0.15, 0.2) is 0 Å². The van der Waals surface area contributed by atoms with Gasteiger partial charge in [0.2, 0.25) is 0 Å². The third kappa shape index (κ3) is 3.32. The fraction of sp³-hybridized carbons (Fsp3) is 0.286. The van der Waals surface area contributed by atoms with Gasteiger partial charge in [-0.25, -0.2) is 0 Å². The molecule has 1 N–H and O–H groups in total. The molecule has 0 spiro atoms. The summed E-state index contributed by atoms with van der Waals surface area (Å²) in [6.07, 6.45) is 0.981. The molecule has 1 aromatic heterocycles.